The average Bonchev–Trinajstić information content (AvgIpc) is 2.77. The third-order valence-electron chi connectivity index (χ3n) is 3.61. The second-order valence-corrected chi connectivity index (χ2v) is 5.30. The summed E-state index contributed by atoms with van der Waals surface area (Å²) in [7, 11) is 1.70. The van der Waals surface area contributed by atoms with Crippen LogP contribution in [0.1, 0.15) is 50.2 Å². The molecule has 0 aromatic carbocycles. The van der Waals surface area contributed by atoms with Gasteiger partial charge in [0, 0.05) is 32.1 Å². The van der Waals surface area contributed by atoms with E-state index in [4.69, 9.17) is 15.0 Å². The van der Waals surface area contributed by atoms with Gasteiger partial charge in [-0.25, -0.2) is 0 Å². The lowest BCUT2D eigenvalue weighted by molar-refractivity contribution is 0.194. The lowest BCUT2D eigenvalue weighted by atomic mass is 9.80. The first kappa shape index (κ1) is 13.5. The number of ether oxygens (including phenoxy) is 1. The summed E-state index contributed by atoms with van der Waals surface area (Å²) in [4.78, 5) is 4.41. The van der Waals surface area contributed by atoms with Gasteiger partial charge < -0.3 is 15.0 Å². The third-order valence-corrected chi connectivity index (χ3v) is 3.61. The number of hydrogen-bond donors (Lipinski definition) is 1. The van der Waals surface area contributed by atoms with Crippen molar-refractivity contribution in [2.75, 3.05) is 13.7 Å². The van der Waals surface area contributed by atoms with Crippen LogP contribution >= 0.6 is 0 Å². The van der Waals surface area contributed by atoms with E-state index in [-0.39, 0.29) is 5.54 Å². The molecule has 1 aliphatic carbocycles. The van der Waals surface area contributed by atoms with E-state index in [1.54, 1.807) is 7.11 Å². The highest BCUT2D eigenvalue weighted by atomic mass is 16.5. The van der Waals surface area contributed by atoms with Gasteiger partial charge in [-0.15, -0.1) is 0 Å². The van der Waals surface area contributed by atoms with Gasteiger partial charge in [0.25, 0.3) is 0 Å². The average molecular weight is 253 g/mol. The largest absolute Gasteiger partial charge is 0.385 e. The van der Waals surface area contributed by atoms with Gasteiger partial charge in [0.05, 0.1) is 0 Å². The van der Waals surface area contributed by atoms with Crippen molar-refractivity contribution in [1.82, 2.24) is 10.1 Å². The number of nitrogens with zero attached hydrogens (tertiary/aromatic N) is 2. The van der Waals surface area contributed by atoms with Crippen LogP contribution in [0.3, 0.4) is 0 Å². The zero-order valence-electron chi connectivity index (χ0n) is 11.2. The molecule has 0 spiro atoms. The van der Waals surface area contributed by atoms with Crippen molar-refractivity contribution in [1.29, 1.82) is 0 Å². The smallest absolute Gasteiger partial charge is 0.228 e. The maximum atomic E-state index is 6.37. The van der Waals surface area contributed by atoms with Crippen molar-refractivity contribution in [3.63, 3.8) is 0 Å². The van der Waals surface area contributed by atoms with Gasteiger partial charge in [-0.05, 0) is 19.3 Å². The molecule has 1 aromatic heterocycles. The fraction of sp³-hybridized carbons (Fsp3) is 0.846. The number of methoxy groups -OCH3 is 1. The van der Waals surface area contributed by atoms with Gasteiger partial charge in [0.1, 0.15) is 0 Å². The maximum Gasteiger partial charge on any atom is 0.228 e. The first-order chi connectivity index (χ1) is 8.72. The van der Waals surface area contributed by atoms with Crippen LogP contribution < -0.4 is 5.73 Å². The highest BCUT2D eigenvalue weighted by Crippen LogP contribution is 2.28. The van der Waals surface area contributed by atoms with Crippen molar-refractivity contribution in [2.45, 2.75) is 56.9 Å². The Morgan fingerprint density at radius 2 is 2.11 bits per heavy atom. The second kappa shape index (κ2) is 6.29. The Morgan fingerprint density at radius 3 is 2.83 bits per heavy atom. The third kappa shape index (κ3) is 3.78. The molecule has 5 nitrogen and oxygen atoms in total. The summed E-state index contributed by atoms with van der Waals surface area (Å²) in [5, 5.41) is 3.99. The molecule has 0 aliphatic heterocycles. The number of hydrogen-bond acceptors (Lipinski definition) is 5. The Hall–Kier alpha value is -0.940. The standard InChI is InChI=1S/C13H23N3O2/c1-17-9-5-6-11-15-12(18-16-11)10-13(14)7-3-2-4-8-13/h2-10,14H2,1H3. The molecular formula is C13H23N3O2. The first-order valence-corrected chi connectivity index (χ1v) is 6.81. The predicted octanol–water partition coefficient (Wildman–Crippen LogP) is 1.85. The molecule has 102 valence electrons. The minimum absolute atomic E-state index is 0.130. The molecule has 0 atom stereocenters. The molecule has 1 fully saturated rings. The minimum atomic E-state index is -0.130. The lowest BCUT2D eigenvalue weighted by Gasteiger charge is -2.31. The van der Waals surface area contributed by atoms with Crippen LogP contribution in [0, 0.1) is 0 Å². The van der Waals surface area contributed by atoms with E-state index < -0.39 is 0 Å². The molecule has 1 saturated carbocycles. The summed E-state index contributed by atoms with van der Waals surface area (Å²) in [5.41, 5.74) is 6.24. The quantitative estimate of drug-likeness (QED) is 0.783. The first-order valence-electron chi connectivity index (χ1n) is 6.81. The van der Waals surface area contributed by atoms with E-state index in [9.17, 15) is 0 Å². The fourth-order valence-electron chi connectivity index (χ4n) is 2.57. The van der Waals surface area contributed by atoms with Gasteiger partial charge in [-0.1, -0.05) is 24.4 Å². The number of aryl methyl sites for hydroxylation is 1. The van der Waals surface area contributed by atoms with Crippen LogP contribution in [0.4, 0.5) is 0 Å². The van der Waals surface area contributed by atoms with Gasteiger partial charge >= 0.3 is 0 Å². The molecule has 2 N–H and O–H groups in total. The van der Waals surface area contributed by atoms with Gasteiger partial charge in [0.15, 0.2) is 5.82 Å². The highest BCUT2D eigenvalue weighted by molar-refractivity contribution is 4.97. The summed E-state index contributed by atoms with van der Waals surface area (Å²) < 4.78 is 10.3. The molecule has 2 rings (SSSR count). The van der Waals surface area contributed by atoms with Crippen LogP contribution in [-0.4, -0.2) is 29.4 Å². The molecule has 0 unspecified atom stereocenters. The normalized spacial score (nSPS) is 19.0. The van der Waals surface area contributed by atoms with Crippen LogP contribution in [0.25, 0.3) is 0 Å². The Kier molecular flexibility index (Phi) is 4.72. The Bertz CT molecular complexity index is 359. The van der Waals surface area contributed by atoms with Gasteiger partial charge in [-0.2, -0.15) is 4.98 Å². The van der Waals surface area contributed by atoms with Crippen LogP contribution in [0.15, 0.2) is 4.52 Å². The SMILES string of the molecule is COCCCc1noc(CC2(N)CCCCC2)n1. The summed E-state index contributed by atoms with van der Waals surface area (Å²) in [6, 6.07) is 0. The van der Waals surface area contributed by atoms with Crippen molar-refractivity contribution < 1.29 is 9.26 Å². The molecule has 1 aliphatic rings. The lowest BCUT2D eigenvalue weighted by Crippen LogP contribution is -2.43. The van der Waals surface area contributed by atoms with E-state index >= 15 is 0 Å². The summed E-state index contributed by atoms with van der Waals surface area (Å²) in [6.45, 7) is 0.727. The number of nitrogens with two attached hydrogens (primary N) is 1. The van der Waals surface area contributed by atoms with E-state index in [2.05, 4.69) is 10.1 Å². The van der Waals surface area contributed by atoms with E-state index in [0.717, 1.165) is 38.1 Å². The number of rotatable bonds is 6. The van der Waals surface area contributed by atoms with E-state index in [0.29, 0.717) is 12.3 Å². The van der Waals surface area contributed by atoms with Crippen LogP contribution in [0.2, 0.25) is 0 Å². The Balaban J connectivity index is 1.85. The Morgan fingerprint density at radius 1 is 1.33 bits per heavy atom. The zero-order valence-corrected chi connectivity index (χ0v) is 11.2. The molecule has 0 bridgehead atoms. The van der Waals surface area contributed by atoms with Crippen molar-refractivity contribution >= 4 is 0 Å². The molecule has 1 aromatic rings. The van der Waals surface area contributed by atoms with Gasteiger partial charge in [-0.3, -0.25) is 0 Å². The zero-order chi connectivity index (χ0) is 12.8. The summed E-state index contributed by atoms with van der Waals surface area (Å²) >= 11 is 0. The summed E-state index contributed by atoms with van der Waals surface area (Å²) in [6.07, 6.45) is 8.28. The minimum Gasteiger partial charge on any atom is -0.385 e. The fourth-order valence-corrected chi connectivity index (χ4v) is 2.57. The topological polar surface area (TPSA) is 74.2 Å². The molecular weight excluding hydrogens is 230 g/mol. The monoisotopic (exact) mass is 253 g/mol. The van der Waals surface area contributed by atoms with Crippen molar-refractivity contribution in [3.05, 3.63) is 11.7 Å². The predicted molar refractivity (Wildman–Crippen MR) is 68.2 cm³/mol. The summed E-state index contributed by atoms with van der Waals surface area (Å²) in [5.74, 6) is 1.45. The van der Waals surface area contributed by atoms with Crippen molar-refractivity contribution in [3.8, 4) is 0 Å². The molecule has 5 heteroatoms. The molecule has 1 heterocycles. The maximum absolute atomic E-state index is 6.37. The Labute approximate surface area is 108 Å². The molecule has 0 saturated heterocycles. The highest BCUT2D eigenvalue weighted by Gasteiger charge is 2.29. The van der Waals surface area contributed by atoms with E-state index in [1.165, 1.54) is 19.3 Å². The second-order valence-electron chi connectivity index (χ2n) is 5.30. The molecule has 18 heavy (non-hydrogen) atoms. The molecule has 0 radical (unpaired) electrons. The molecule has 0 amide bonds. The van der Waals surface area contributed by atoms with Gasteiger partial charge in [0.2, 0.25) is 5.89 Å². The van der Waals surface area contributed by atoms with Crippen molar-refractivity contribution in [2.24, 2.45) is 5.73 Å². The van der Waals surface area contributed by atoms with E-state index in [1.807, 2.05) is 0 Å². The van der Waals surface area contributed by atoms with Crippen LogP contribution in [-0.2, 0) is 17.6 Å². The van der Waals surface area contributed by atoms with Crippen LogP contribution in [0.5, 0.6) is 0 Å². The number of aromatic nitrogens is 2.